The zero-order valence-electron chi connectivity index (χ0n) is 8.90. The van der Waals surface area contributed by atoms with Gasteiger partial charge in [-0.15, -0.1) is 0 Å². The molecule has 0 saturated carbocycles. The summed E-state index contributed by atoms with van der Waals surface area (Å²) in [5.41, 5.74) is 1.23. The molecule has 0 fully saturated rings. The smallest absolute Gasteiger partial charge is 0.118 e. The van der Waals surface area contributed by atoms with Gasteiger partial charge in [0, 0.05) is 12.7 Å². The van der Waals surface area contributed by atoms with E-state index in [1.807, 2.05) is 25.3 Å². The maximum atomic E-state index is 5.10. The minimum absolute atomic E-state index is 0.826. The number of methoxy groups -OCH3 is 1. The second-order valence-electron chi connectivity index (χ2n) is 3.39. The van der Waals surface area contributed by atoms with Crippen LogP contribution in [0.25, 0.3) is 0 Å². The molecule has 0 bridgehead atoms. The maximum Gasteiger partial charge on any atom is 0.118 e. The molecule has 2 rings (SSSR count). The van der Waals surface area contributed by atoms with E-state index in [-0.39, 0.29) is 0 Å². The molecule has 3 heteroatoms. The van der Waals surface area contributed by atoms with Gasteiger partial charge in [0.15, 0.2) is 0 Å². The Bertz CT molecular complexity index is 431. The molecule has 0 aliphatic rings. The molecule has 15 heavy (non-hydrogen) atoms. The van der Waals surface area contributed by atoms with E-state index in [1.165, 1.54) is 5.56 Å². The molecule has 2 aromatic rings. The van der Waals surface area contributed by atoms with Crippen molar-refractivity contribution in [3.8, 4) is 5.75 Å². The van der Waals surface area contributed by atoms with Gasteiger partial charge in [-0.05, 0) is 24.6 Å². The Balaban J connectivity index is 2.14. The number of benzene rings is 1. The van der Waals surface area contributed by atoms with Crippen LogP contribution in [-0.2, 0) is 6.54 Å². The molecule has 0 spiro atoms. The Kier molecular flexibility index (Phi) is 2.72. The van der Waals surface area contributed by atoms with Gasteiger partial charge in [-0.3, -0.25) is 0 Å². The van der Waals surface area contributed by atoms with Gasteiger partial charge in [-0.2, -0.15) is 0 Å². The molecule has 0 N–H and O–H groups in total. The Morgan fingerprint density at radius 3 is 2.60 bits per heavy atom. The highest BCUT2D eigenvalue weighted by atomic mass is 16.5. The summed E-state index contributed by atoms with van der Waals surface area (Å²) in [5.74, 6) is 1.86. The average Bonchev–Trinajstić information content (AvgIpc) is 2.66. The first-order chi connectivity index (χ1) is 7.29. The predicted octanol–water partition coefficient (Wildman–Crippen LogP) is 2.05. The fourth-order valence-electron chi connectivity index (χ4n) is 1.44. The van der Waals surface area contributed by atoms with Crippen LogP contribution in [0, 0.1) is 13.1 Å². The van der Waals surface area contributed by atoms with Gasteiger partial charge < -0.3 is 9.30 Å². The van der Waals surface area contributed by atoms with Crippen LogP contribution in [0.15, 0.2) is 30.5 Å². The fraction of sp³-hybridized carbons (Fsp3) is 0.250. The first-order valence-corrected chi connectivity index (χ1v) is 4.82. The number of imidazole rings is 1. The van der Waals surface area contributed by atoms with Gasteiger partial charge in [-0.1, -0.05) is 12.1 Å². The molecule has 1 aromatic heterocycles. The molecule has 0 unspecified atom stereocenters. The van der Waals surface area contributed by atoms with Crippen molar-refractivity contribution < 1.29 is 4.74 Å². The molecule has 0 saturated heterocycles. The number of hydrogen-bond acceptors (Lipinski definition) is 2. The van der Waals surface area contributed by atoms with Crippen molar-refractivity contribution in [2.45, 2.75) is 13.5 Å². The summed E-state index contributed by atoms with van der Waals surface area (Å²) in [6.07, 6.45) is 4.69. The van der Waals surface area contributed by atoms with E-state index in [4.69, 9.17) is 4.74 Å². The fourth-order valence-corrected chi connectivity index (χ4v) is 1.44. The van der Waals surface area contributed by atoms with E-state index in [0.29, 0.717) is 0 Å². The summed E-state index contributed by atoms with van der Waals surface area (Å²) in [7, 11) is 1.67. The number of aromatic nitrogens is 2. The molecule has 77 valence electrons. The standard InChI is InChI=1S/C12H13N2O/c1-10-13-7-8-14(10)9-11-3-5-12(15-2)6-4-11/h3-6,8H,9H2,1-2H3. The zero-order valence-corrected chi connectivity index (χ0v) is 8.90. The van der Waals surface area contributed by atoms with Crippen LogP contribution in [0.3, 0.4) is 0 Å². The SMILES string of the molecule is COc1ccc(Cn2c[c]nc2C)cc1. The molecule has 1 radical (unpaired) electrons. The molecular weight excluding hydrogens is 188 g/mol. The van der Waals surface area contributed by atoms with E-state index in [9.17, 15) is 0 Å². The van der Waals surface area contributed by atoms with Crippen LogP contribution in [0.5, 0.6) is 5.75 Å². The Morgan fingerprint density at radius 1 is 1.33 bits per heavy atom. The molecular formula is C12H13N2O. The molecule has 1 heterocycles. The number of aryl methyl sites for hydroxylation is 1. The summed E-state index contributed by atoms with van der Waals surface area (Å²) >= 11 is 0. The molecule has 0 amide bonds. The summed E-state index contributed by atoms with van der Waals surface area (Å²) < 4.78 is 7.16. The first-order valence-electron chi connectivity index (χ1n) is 4.82. The van der Waals surface area contributed by atoms with Crippen molar-refractivity contribution in [3.05, 3.63) is 48.0 Å². The van der Waals surface area contributed by atoms with Crippen LogP contribution >= 0.6 is 0 Å². The Labute approximate surface area is 89.3 Å². The molecule has 3 nitrogen and oxygen atoms in total. The molecule has 1 aromatic carbocycles. The molecule has 0 aliphatic heterocycles. The average molecular weight is 201 g/mol. The van der Waals surface area contributed by atoms with Gasteiger partial charge in [-0.25, -0.2) is 4.98 Å². The number of hydrogen-bond donors (Lipinski definition) is 0. The van der Waals surface area contributed by atoms with E-state index < -0.39 is 0 Å². The summed E-state index contributed by atoms with van der Waals surface area (Å²) in [4.78, 5) is 4.06. The molecule has 0 aliphatic carbocycles. The van der Waals surface area contributed by atoms with E-state index >= 15 is 0 Å². The lowest BCUT2D eigenvalue weighted by Crippen LogP contribution is -2.00. The minimum Gasteiger partial charge on any atom is -0.497 e. The summed E-state index contributed by atoms with van der Waals surface area (Å²) in [6.45, 7) is 2.80. The highest BCUT2D eigenvalue weighted by Crippen LogP contribution is 2.12. The largest absolute Gasteiger partial charge is 0.497 e. The van der Waals surface area contributed by atoms with Gasteiger partial charge in [0.1, 0.15) is 17.8 Å². The van der Waals surface area contributed by atoms with Crippen molar-refractivity contribution in [2.75, 3.05) is 7.11 Å². The lowest BCUT2D eigenvalue weighted by molar-refractivity contribution is 0.414. The number of nitrogens with zero attached hydrogens (tertiary/aromatic N) is 2. The highest BCUT2D eigenvalue weighted by Gasteiger charge is 1.99. The monoisotopic (exact) mass is 201 g/mol. The van der Waals surface area contributed by atoms with Gasteiger partial charge in [0.05, 0.1) is 7.11 Å². The topological polar surface area (TPSA) is 27.1 Å². The van der Waals surface area contributed by atoms with Crippen LogP contribution < -0.4 is 4.74 Å². The zero-order chi connectivity index (χ0) is 10.7. The normalized spacial score (nSPS) is 10.3. The van der Waals surface area contributed by atoms with Crippen molar-refractivity contribution in [1.82, 2.24) is 9.55 Å². The number of ether oxygens (including phenoxy) is 1. The van der Waals surface area contributed by atoms with Crippen molar-refractivity contribution in [3.63, 3.8) is 0 Å². The van der Waals surface area contributed by atoms with Crippen molar-refractivity contribution >= 4 is 0 Å². The number of rotatable bonds is 3. The van der Waals surface area contributed by atoms with E-state index in [0.717, 1.165) is 18.1 Å². The van der Waals surface area contributed by atoms with Crippen LogP contribution in [0.1, 0.15) is 11.4 Å². The minimum atomic E-state index is 0.826. The quantitative estimate of drug-likeness (QED) is 0.760. The lowest BCUT2D eigenvalue weighted by atomic mass is 10.2. The highest BCUT2D eigenvalue weighted by molar-refractivity contribution is 5.27. The summed E-state index contributed by atoms with van der Waals surface area (Å²) in [5, 5.41) is 0. The molecule has 0 atom stereocenters. The first kappa shape index (κ1) is 9.77. The van der Waals surface area contributed by atoms with Gasteiger partial charge in [0.25, 0.3) is 0 Å². The van der Waals surface area contributed by atoms with E-state index in [1.54, 1.807) is 7.11 Å². The lowest BCUT2D eigenvalue weighted by Gasteiger charge is -2.05. The third-order valence-electron chi connectivity index (χ3n) is 2.37. The van der Waals surface area contributed by atoms with Crippen molar-refractivity contribution in [1.29, 1.82) is 0 Å². The van der Waals surface area contributed by atoms with E-state index in [2.05, 4.69) is 27.9 Å². The van der Waals surface area contributed by atoms with Crippen LogP contribution in [-0.4, -0.2) is 16.7 Å². The van der Waals surface area contributed by atoms with Gasteiger partial charge >= 0.3 is 0 Å². The summed E-state index contributed by atoms with van der Waals surface area (Å²) in [6, 6.07) is 8.03. The van der Waals surface area contributed by atoms with Crippen molar-refractivity contribution in [2.24, 2.45) is 0 Å². The second-order valence-corrected chi connectivity index (χ2v) is 3.39. The second kappa shape index (κ2) is 4.17. The third kappa shape index (κ3) is 2.18. The van der Waals surface area contributed by atoms with Crippen LogP contribution in [0.2, 0.25) is 0 Å². The predicted molar refractivity (Wildman–Crippen MR) is 57.9 cm³/mol. The maximum absolute atomic E-state index is 5.10. The van der Waals surface area contributed by atoms with Crippen LogP contribution in [0.4, 0.5) is 0 Å². The van der Waals surface area contributed by atoms with Gasteiger partial charge in [0.2, 0.25) is 0 Å². The Morgan fingerprint density at radius 2 is 2.07 bits per heavy atom. The Hall–Kier alpha value is -1.77. The third-order valence-corrected chi connectivity index (χ3v) is 2.37.